The van der Waals surface area contributed by atoms with Crippen molar-refractivity contribution in [3.63, 3.8) is 0 Å². The molecule has 0 radical (unpaired) electrons. The van der Waals surface area contributed by atoms with Crippen molar-refractivity contribution in [2.75, 3.05) is 11.9 Å². The van der Waals surface area contributed by atoms with Crippen LogP contribution >= 0.6 is 0 Å². The second-order valence-electron chi connectivity index (χ2n) is 6.96. The van der Waals surface area contributed by atoms with Gasteiger partial charge in [0.15, 0.2) is 0 Å². The number of hydrogen-bond acceptors (Lipinski definition) is 6. The second-order valence-corrected chi connectivity index (χ2v) is 6.96. The van der Waals surface area contributed by atoms with Crippen molar-refractivity contribution in [2.24, 2.45) is 5.92 Å². The van der Waals surface area contributed by atoms with Crippen LogP contribution in [-0.4, -0.2) is 26.7 Å². The molecule has 3 N–H and O–H groups in total. The lowest BCUT2D eigenvalue weighted by Crippen LogP contribution is -2.04. The minimum Gasteiger partial charge on any atom is -0.384 e. The maximum Gasteiger partial charge on any atom is 0.323 e. The van der Waals surface area contributed by atoms with Crippen LogP contribution in [0.1, 0.15) is 18.4 Å². The highest BCUT2D eigenvalue weighted by Crippen LogP contribution is 2.31. The average Bonchev–Trinajstić information content (AvgIpc) is 3.26. The molecule has 2 heterocycles. The summed E-state index contributed by atoms with van der Waals surface area (Å²) >= 11 is 0. The topological polar surface area (TPSA) is 123 Å². The Balaban J connectivity index is 1.44. The number of nitriles is 1. The molecule has 8 nitrogen and oxygen atoms in total. The van der Waals surface area contributed by atoms with E-state index in [0.717, 1.165) is 23.7 Å². The van der Waals surface area contributed by atoms with Gasteiger partial charge in [0.2, 0.25) is 5.82 Å². The molecule has 5 rings (SSSR count). The van der Waals surface area contributed by atoms with E-state index in [-0.39, 0.29) is 5.69 Å². The number of benzene rings is 2. The minimum atomic E-state index is -0.264. The Labute approximate surface area is 159 Å². The lowest BCUT2D eigenvalue weighted by Gasteiger charge is -2.07. The first-order valence-corrected chi connectivity index (χ1v) is 9.04. The molecule has 138 valence electrons. The summed E-state index contributed by atoms with van der Waals surface area (Å²) in [5, 5.41) is 16.8. The molecule has 1 saturated carbocycles. The summed E-state index contributed by atoms with van der Waals surface area (Å²) < 4.78 is 5.40. The molecule has 2 aromatic heterocycles. The number of anilines is 1. The van der Waals surface area contributed by atoms with Crippen LogP contribution in [0.5, 0.6) is 0 Å². The zero-order chi connectivity index (χ0) is 19.1. The molecule has 0 saturated heterocycles. The summed E-state index contributed by atoms with van der Waals surface area (Å²) in [6.07, 6.45) is 2.50. The van der Waals surface area contributed by atoms with Crippen molar-refractivity contribution in [3.8, 4) is 28.9 Å². The molecule has 2 aromatic carbocycles. The minimum absolute atomic E-state index is 0.264. The number of hydrogen-bond donors (Lipinski definition) is 3. The van der Waals surface area contributed by atoms with Crippen molar-refractivity contribution in [3.05, 3.63) is 52.4 Å². The molecule has 0 aliphatic heterocycles. The third-order valence-corrected chi connectivity index (χ3v) is 4.87. The summed E-state index contributed by atoms with van der Waals surface area (Å²) in [5.74, 6) is 1.47. The van der Waals surface area contributed by atoms with Crippen LogP contribution in [0.25, 0.3) is 33.9 Å². The van der Waals surface area contributed by atoms with E-state index in [1.165, 1.54) is 12.8 Å². The quantitative estimate of drug-likeness (QED) is 0.494. The highest BCUT2D eigenvalue weighted by Gasteiger charge is 2.21. The number of fused-ring (bicyclic) bond motifs is 1. The Morgan fingerprint density at radius 3 is 2.79 bits per heavy atom. The van der Waals surface area contributed by atoms with E-state index < -0.39 is 0 Å². The lowest BCUT2D eigenvalue weighted by atomic mass is 10.1. The molecule has 8 heteroatoms. The van der Waals surface area contributed by atoms with Crippen molar-refractivity contribution in [1.29, 1.82) is 5.26 Å². The molecule has 0 unspecified atom stereocenters. The van der Waals surface area contributed by atoms with Crippen LogP contribution in [0.2, 0.25) is 0 Å². The van der Waals surface area contributed by atoms with Gasteiger partial charge in [-0.25, -0.2) is 4.79 Å². The summed E-state index contributed by atoms with van der Waals surface area (Å²) in [7, 11) is 0. The molecule has 1 fully saturated rings. The van der Waals surface area contributed by atoms with E-state index >= 15 is 0 Å². The molecule has 4 aromatic rings. The Hall–Kier alpha value is -3.86. The summed E-state index contributed by atoms with van der Waals surface area (Å²) in [6.45, 7) is 0.891. The maximum atomic E-state index is 11.4. The van der Waals surface area contributed by atoms with E-state index in [9.17, 15) is 10.1 Å². The number of nitrogens with zero attached hydrogens (tertiary/aromatic N) is 3. The molecule has 1 aliphatic rings. The Kier molecular flexibility index (Phi) is 3.72. The van der Waals surface area contributed by atoms with Gasteiger partial charge in [-0.2, -0.15) is 10.2 Å². The fraction of sp³-hybridized carbons (Fsp3) is 0.200. The molecule has 28 heavy (non-hydrogen) atoms. The van der Waals surface area contributed by atoms with E-state index in [1.54, 1.807) is 18.2 Å². The molecule has 0 amide bonds. The smallest absolute Gasteiger partial charge is 0.323 e. The van der Waals surface area contributed by atoms with Crippen LogP contribution in [-0.2, 0) is 0 Å². The number of aromatic nitrogens is 4. The summed E-state index contributed by atoms with van der Waals surface area (Å²) in [6, 6.07) is 13.1. The SMILES string of the molecule is N#Cc1cc(-c2nc(-c3ccc4[nH]c(=O)[nH]c4c3)no2)ccc1NCC1CC1. The zero-order valence-corrected chi connectivity index (χ0v) is 14.8. The fourth-order valence-electron chi connectivity index (χ4n) is 3.13. The van der Waals surface area contributed by atoms with Crippen molar-refractivity contribution in [1.82, 2.24) is 20.1 Å². The number of rotatable bonds is 5. The average molecular weight is 372 g/mol. The molecule has 0 atom stereocenters. The van der Waals surface area contributed by atoms with Gasteiger partial charge in [0.05, 0.1) is 22.3 Å². The van der Waals surface area contributed by atoms with E-state index in [4.69, 9.17) is 4.52 Å². The van der Waals surface area contributed by atoms with Gasteiger partial charge in [-0.15, -0.1) is 0 Å². The molecular weight excluding hydrogens is 356 g/mol. The lowest BCUT2D eigenvalue weighted by molar-refractivity contribution is 0.432. The zero-order valence-electron chi connectivity index (χ0n) is 14.8. The van der Waals surface area contributed by atoms with Crippen LogP contribution in [0, 0.1) is 17.2 Å². The van der Waals surface area contributed by atoms with Gasteiger partial charge in [0.25, 0.3) is 5.89 Å². The number of imidazole rings is 1. The maximum absolute atomic E-state index is 11.4. The van der Waals surface area contributed by atoms with Gasteiger partial charge in [0.1, 0.15) is 6.07 Å². The Morgan fingerprint density at radius 1 is 1.14 bits per heavy atom. The standard InChI is InChI=1S/C20H16N6O2/c21-9-14-7-13(4-5-15(14)22-10-11-1-2-11)19-25-18(26-28-19)12-3-6-16-17(8-12)24-20(27)23-16/h3-8,11,22H,1-2,10H2,(H2,23,24,27). The Bertz CT molecular complexity index is 1270. The summed E-state index contributed by atoms with van der Waals surface area (Å²) in [4.78, 5) is 21.3. The predicted octanol–water partition coefficient (Wildman–Crippen LogP) is 3.27. The summed E-state index contributed by atoms with van der Waals surface area (Å²) in [5.41, 5.74) is 3.89. The highest BCUT2D eigenvalue weighted by molar-refractivity contribution is 5.80. The van der Waals surface area contributed by atoms with Crippen LogP contribution in [0.15, 0.2) is 45.7 Å². The number of nitrogens with one attached hydrogen (secondary N) is 3. The van der Waals surface area contributed by atoms with E-state index in [2.05, 4.69) is 31.5 Å². The van der Waals surface area contributed by atoms with Crippen LogP contribution in [0.3, 0.4) is 0 Å². The van der Waals surface area contributed by atoms with Crippen molar-refractivity contribution < 1.29 is 4.52 Å². The molecule has 0 spiro atoms. The first-order chi connectivity index (χ1) is 13.7. The number of H-pyrrole nitrogens is 2. The largest absolute Gasteiger partial charge is 0.384 e. The number of aromatic amines is 2. The second kappa shape index (κ2) is 6.39. The highest BCUT2D eigenvalue weighted by atomic mass is 16.5. The first-order valence-electron chi connectivity index (χ1n) is 9.04. The van der Waals surface area contributed by atoms with Gasteiger partial charge in [-0.1, -0.05) is 5.16 Å². The van der Waals surface area contributed by atoms with Gasteiger partial charge in [-0.3, -0.25) is 0 Å². The fourth-order valence-corrected chi connectivity index (χ4v) is 3.13. The van der Waals surface area contributed by atoms with Gasteiger partial charge in [-0.05, 0) is 55.2 Å². The first kappa shape index (κ1) is 16.3. The van der Waals surface area contributed by atoms with Gasteiger partial charge >= 0.3 is 5.69 Å². The molecule has 1 aliphatic carbocycles. The Morgan fingerprint density at radius 2 is 1.96 bits per heavy atom. The molecular formula is C20H16N6O2. The van der Waals surface area contributed by atoms with Crippen molar-refractivity contribution in [2.45, 2.75) is 12.8 Å². The van der Waals surface area contributed by atoms with Crippen molar-refractivity contribution >= 4 is 16.7 Å². The monoisotopic (exact) mass is 372 g/mol. The van der Waals surface area contributed by atoms with E-state index in [1.807, 2.05) is 18.2 Å². The third kappa shape index (κ3) is 3.03. The third-order valence-electron chi connectivity index (χ3n) is 4.87. The van der Waals surface area contributed by atoms with Gasteiger partial charge < -0.3 is 19.8 Å². The van der Waals surface area contributed by atoms with Crippen LogP contribution < -0.4 is 11.0 Å². The molecule has 0 bridgehead atoms. The van der Waals surface area contributed by atoms with Gasteiger partial charge in [0, 0.05) is 17.7 Å². The predicted molar refractivity (Wildman–Crippen MR) is 104 cm³/mol. The van der Waals surface area contributed by atoms with Crippen LogP contribution in [0.4, 0.5) is 5.69 Å². The normalized spacial score (nSPS) is 13.5. The van der Waals surface area contributed by atoms with E-state index in [0.29, 0.717) is 33.9 Å².